The molecule has 0 saturated carbocycles. The summed E-state index contributed by atoms with van der Waals surface area (Å²) in [6.45, 7) is 6.32. The van der Waals surface area contributed by atoms with Crippen molar-refractivity contribution in [3.63, 3.8) is 0 Å². The molecule has 7 nitrogen and oxygen atoms in total. The molecule has 0 saturated heterocycles. The lowest BCUT2D eigenvalue weighted by Crippen LogP contribution is -2.42. The fourth-order valence-electron chi connectivity index (χ4n) is 1.08. The molecule has 0 unspecified atom stereocenters. The summed E-state index contributed by atoms with van der Waals surface area (Å²) in [7, 11) is 0. The number of aromatic nitrogens is 2. The number of hydrogen-bond donors (Lipinski definition) is 3. The largest absolute Gasteiger partial charge is 0.369 e. The van der Waals surface area contributed by atoms with Crippen LogP contribution in [-0.2, 0) is 4.79 Å². The Morgan fingerprint density at radius 3 is 2.63 bits per heavy atom. The molecule has 0 aliphatic carbocycles. The summed E-state index contributed by atoms with van der Waals surface area (Å²) < 4.78 is 0. The Morgan fingerprint density at radius 1 is 1.37 bits per heavy atom. The van der Waals surface area contributed by atoms with Crippen LogP contribution in [0.5, 0.6) is 0 Å². The minimum Gasteiger partial charge on any atom is -0.369 e. The van der Waals surface area contributed by atoms with Crippen LogP contribution < -0.4 is 16.4 Å². The van der Waals surface area contributed by atoms with E-state index in [0.29, 0.717) is 5.13 Å². The SMILES string of the molecule is CCCNc1nnc(C(=O)NCC(C)(C)C(N)=O)s1. The van der Waals surface area contributed by atoms with Crippen molar-refractivity contribution in [1.82, 2.24) is 15.5 Å². The zero-order valence-electron chi connectivity index (χ0n) is 11.3. The van der Waals surface area contributed by atoms with Crippen molar-refractivity contribution in [2.24, 2.45) is 11.1 Å². The van der Waals surface area contributed by atoms with Crippen LogP contribution in [0.3, 0.4) is 0 Å². The van der Waals surface area contributed by atoms with Crippen molar-refractivity contribution in [1.29, 1.82) is 0 Å². The molecule has 1 heterocycles. The van der Waals surface area contributed by atoms with Crippen molar-refractivity contribution in [3.8, 4) is 0 Å². The number of primary amides is 1. The zero-order chi connectivity index (χ0) is 14.5. The van der Waals surface area contributed by atoms with E-state index in [2.05, 4.69) is 20.8 Å². The van der Waals surface area contributed by atoms with E-state index in [-0.39, 0.29) is 17.5 Å². The average molecular weight is 285 g/mol. The molecule has 19 heavy (non-hydrogen) atoms. The van der Waals surface area contributed by atoms with Gasteiger partial charge >= 0.3 is 0 Å². The Kier molecular flexibility index (Phi) is 5.22. The lowest BCUT2D eigenvalue weighted by atomic mass is 9.93. The molecule has 0 aliphatic heterocycles. The maximum Gasteiger partial charge on any atom is 0.282 e. The van der Waals surface area contributed by atoms with Crippen molar-refractivity contribution >= 4 is 28.3 Å². The van der Waals surface area contributed by atoms with E-state index in [1.807, 2.05) is 6.92 Å². The highest BCUT2D eigenvalue weighted by atomic mass is 32.1. The first-order valence-electron chi connectivity index (χ1n) is 6.02. The molecule has 1 aromatic heterocycles. The molecule has 0 aromatic carbocycles. The second-order valence-electron chi connectivity index (χ2n) is 4.77. The number of nitrogens with one attached hydrogen (secondary N) is 2. The summed E-state index contributed by atoms with van der Waals surface area (Å²) in [6.07, 6.45) is 0.966. The molecule has 1 rings (SSSR count). The molecular weight excluding hydrogens is 266 g/mol. The summed E-state index contributed by atoms with van der Waals surface area (Å²) in [4.78, 5) is 22.9. The fraction of sp³-hybridized carbons (Fsp3) is 0.636. The lowest BCUT2D eigenvalue weighted by Gasteiger charge is -2.20. The van der Waals surface area contributed by atoms with Gasteiger partial charge in [-0.1, -0.05) is 18.3 Å². The number of hydrogen-bond acceptors (Lipinski definition) is 6. The minimum absolute atomic E-state index is 0.165. The van der Waals surface area contributed by atoms with Gasteiger partial charge in [-0.15, -0.1) is 10.2 Å². The van der Waals surface area contributed by atoms with E-state index in [4.69, 9.17) is 5.73 Å². The van der Waals surface area contributed by atoms with E-state index in [9.17, 15) is 9.59 Å². The van der Waals surface area contributed by atoms with Crippen LogP contribution in [0.25, 0.3) is 0 Å². The van der Waals surface area contributed by atoms with E-state index in [0.717, 1.165) is 13.0 Å². The summed E-state index contributed by atoms with van der Waals surface area (Å²) in [5, 5.41) is 14.2. The zero-order valence-corrected chi connectivity index (χ0v) is 12.1. The first kappa shape index (κ1) is 15.4. The number of carbonyl (C=O) groups excluding carboxylic acids is 2. The monoisotopic (exact) mass is 285 g/mol. The molecule has 8 heteroatoms. The number of carbonyl (C=O) groups is 2. The third-order valence-electron chi connectivity index (χ3n) is 2.50. The van der Waals surface area contributed by atoms with Crippen LogP contribution in [0.2, 0.25) is 0 Å². The lowest BCUT2D eigenvalue weighted by molar-refractivity contribution is -0.125. The van der Waals surface area contributed by atoms with Gasteiger partial charge in [0.25, 0.3) is 5.91 Å². The highest BCUT2D eigenvalue weighted by Crippen LogP contribution is 2.16. The maximum atomic E-state index is 11.8. The van der Waals surface area contributed by atoms with Crippen molar-refractivity contribution in [2.75, 3.05) is 18.4 Å². The van der Waals surface area contributed by atoms with Gasteiger partial charge in [0, 0.05) is 13.1 Å². The van der Waals surface area contributed by atoms with Crippen LogP contribution >= 0.6 is 11.3 Å². The van der Waals surface area contributed by atoms with Crippen molar-refractivity contribution < 1.29 is 9.59 Å². The molecule has 0 atom stereocenters. The minimum atomic E-state index is -0.788. The second-order valence-corrected chi connectivity index (χ2v) is 5.75. The van der Waals surface area contributed by atoms with E-state index in [1.54, 1.807) is 13.8 Å². The summed E-state index contributed by atoms with van der Waals surface area (Å²) in [5.74, 6) is -0.813. The molecule has 0 bridgehead atoms. The summed E-state index contributed by atoms with van der Waals surface area (Å²) in [5.41, 5.74) is 4.44. The number of rotatable bonds is 7. The molecule has 0 fully saturated rings. The molecule has 1 aromatic rings. The standard InChI is InChI=1S/C11H19N5O2S/c1-4-5-13-10-16-15-8(19-10)7(17)14-6-11(2,3)9(12)18/h4-6H2,1-3H3,(H2,12,18)(H,13,16)(H,14,17). The van der Waals surface area contributed by atoms with Gasteiger partial charge < -0.3 is 16.4 Å². The molecule has 0 radical (unpaired) electrons. The van der Waals surface area contributed by atoms with Crippen LogP contribution in [0.4, 0.5) is 5.13 Å². The molecule has 106 valence electrons. The molecule has 4 N–H and O–H groups in total. The molecule has 0 aliphatic rings. The molecule has 0 spiro atoms. The Balaban J connectivity index is 2.54. The van der Waals surface area contributed by atoms with Crippen LogP contribution in [0.1, 0.15) is 37.0 Å². The maximum absolute atomic E-state index is 11.8. The van der Waals surface area contributed by atoms with Gasteiger partial charge in [-0.3, -0.25) is 9.59 Å². The molecular formula is C11H19N5O2S. The van der Waals surface area contributed by atoms with Gasteiger partial charge in [0.15, 0.2) is 0 Å². The van der Waals surface area contributed by atoms with Gasteiger partial charge in [0.05, 0.1) is 5.41 Å². The van der Waals surface area contributed by atoms with Gasteiger partial charge in [0.2, 0.25) is 16.0 Å². The Bertz CT molecular complexity index is 458. The van der Waals surface area contributed by atoms with Crippen LogP contribution in [0, 0.1) is 5.41 Å². The number of nitrogens with two attached hydrogens (primary N) is 1. The van der Waals surface area contributed by atoms with Gasteiger partial charge in [0.1, 0.15) is 0 Å². The first-order chi connectivity index (χ1) is 8.86. The second kappa shape index (κ2) is 6.46. The number of amides is 2. The van der Waals surface area contributed by atoms with E-state index < -0.39 is 11.3 Å². The first-order valence-corrected chi connectivity index (χ1v) is 6.84. The Hall–Kier alpha value is -1.70. The number of anilines is 1. The summed E-state index contributed by atoms with van der Waals surface area (Å²) in [6, 6.07) is 0. The molecule has 2 amide bonds. The highest BCUT2D eigenvalue weighted by Gasteiger charge is 2.26. The van der Waals surface area contributed by atoms with Crippen LogP contribution in [-0.4, -0.2) is 35.1 Å². The van der Waals surface area contributed by atoms with E-state index in [1.165, 1.54) is 11.3 Å². The van der Waals surface area contributed by atoms with Gasteiger partial charge in [-0.05, 0) is 20.3 Å². The Morgan fingerprint density at radius 2 is 2.05 bits per heavy atom. The topological polar surface area (TPSA) is 110 Å². The van der Waals surface area contributed by atoms with Crippen LogP contribution in [0.15, 0.2) is 0 Å². The normalized spacial score (nSPS) is 11.1. The predicted molar refractivity (Wildman–Crippen MR) is 74.0 cm³/mol. The number of nitrogens with zero attached hydrogens (tertiary/aromatic N) is 2. The van der Waals surface area contributed by atoms with Crippen molar-refractivity contribution in [2.45, 2.75) is 27.2 Å². The van der Waals surface area contributed by atoms with E-state index >= 15 is 0 Å². The highest BCUT2D eigenvalue weighted by molar-refractivity contribution is 7.17. The van der Waals surface area contributed by atoms with Gasteiger partial charge in [-0.2, -0.15) is 0 Å². The smallest absolute Gasteiger partial charge is 0.282 e. The fourth-order valence-corrected chi connectivity index (χ4v) is 1.77. The third-order valence-corrected chi connectivity index (χ3v) is 3.38. The van der Waals surface area contributed by atoms with Crippen molar-refractivity contribution in [3.05, 3.63) is 5.01 Å². The third kappa shape index (κ3) is 4.47. The van der Waals surface area contributed by atoms with Gasteiger partial charge in [-0.25, -0.2) is 0 Å². The summed E-state index contributed by atoms with van der Waals surface area (Å²) >= 11 is 1.18. The quantitative estimate of drug-likeness (QED) is 0.679. The Labute approximate surface area is 116 Å². The predicted octanol–water partition coefficient (Wildman–Crippen LogP) is 0.601. The average Bonchev–Trinajstić information content (AvgIpc) is 2.82.